The second-order valence-corrected chi connectivity index (χ2v) is 12.3. The Morgan fingerprint density at radius 3 is 2.30 bits per heavy atom. The molecule has 0 bridgehead atoms. The normalized spacial score (nSPS) is 13.7. The van der Waals surface area contributed by atoms with Crippen molar-refractivity contribution < 1.29 is 8.60 Å². The summed E-state index contributed by atoms with van der Waals surface area (Å²) in [6, 6.07) is 11.5. The van der Waals surface area contributed by atoms with E-state index in [0.29, 0.717) is 12.1 Å². The Kier molecular flexibility index (Phi) is 6.26. The van der Waals surface area contributed by atoms with Crippen LogP contribution in [-0.4, -0.2) is 13.5 Å². The van der Waals surface area contributed by atoms with Gasteiger partial charge in [-0.25, -0.2) is 13.3 Å². The molecule has 1 N–H and O–H groups in total. The number of fused-ring (bicyclic) bond motifs is 1. The lowest BCUT2D eigenvalue weighted by molar-refractivity contribution is 0.349. The van der Waals surface area contributed by atoms with E-state index in [1.807, 2.05) is 58.0 Å². The highest BCUT2D eigenvalue weighted by atomic mass is 32.2. The van der Waals surface area contributed by atoms with Gasteiger partial charge in [0, 0.05) is 35.8 Å². The summed E-state index contributed by atoms with van der Waals surface area (Å²) in [6.45, 7) is 15.6. The molecule has 162 valence electrons. The van der Waals surface area contributed by atoms with E-state index in [9.17, 15) is 4.21 Å². The van der Waals surface area contributed by atoms with Crippen molar-refractivity contribution in [1.29, 1.82) is 0 Å². The Balaban J connectivity index is 2.12. The van der Waals surface area contributed by atoms with Crippen molar-refractivity contribution in [3.05, 3.63) is 59.5 Å². The smallest absolute Gasteiger partial charge is 0.131 e. The molecule has 0 saturated heterocycles. The Morgan fingerprint density at radius 2 is 1.70 bits per heavy atom. The van der Waals surface area contributed by atoms with E-state index < -0.39 is 11.0 Å². The second kappa shape index (κ2) is 8.27. The molecule has 1 aromatic heterocycles. The summed E-state index contributed by atoms with van der Waals surface area (Å²) in [6.07, 6.45) is 2.07. The van der Waals surface area contributed by atoms with Gasteiger partial charge in [0.15, 0.2) is 0 Å². The van der Waals surface area contributed by atoms with Crippen LogP contribution in [0.25, 0.3) is 22.0 Å². The summed E-state index contributed by atoms with van der Waals surface area (Å²) in [5.41, 5.74) is 4.61. The molecule has 0 aliphatic rings. The van der Waals surface area contributed by atoms with Gasteiger partial charge in [0.1, 0.15) is 5.82 Å². The number of benzene rings is 2. The minimum absolute atomic E-state index is 0.0715. The molecule has 30 heavy (non-hydrogen) atoms. The van der Waals surface area contributed by atoms with Crippen LogP contribution in [0.1, 0.15) is 52.7 Å². The monoisotopic (exact) mass is 428 g/mol. The van der Waals surface area contributed by atoms with E-state index in [4.69, 9.17) is 0 Å². The number of rotatable bonds is 5. The van der Waals surface area contributed by atoms with E-state index in [2.05, 4.69) is 36.3 Å². The number of hydrogen-bond donors (Lipinski definition) is 1. The summed E-state index contributed by atoms with van der Waals surface area (Å²) < 4.78 is 32.6. The first-order valence-electron chi connectivity index (χ1n) is 10.4. The minimum Gasteiger partial charge on any atom is -0.347 e. The van der Waals surface area contributed by atoms with Crippen LogP contribution in [0.15, 0.2) is 42.6 Å². The van der Waals surface area contributed by atoms with Gasteiger partial charge in [-0.3, -0.25) is 0 Å². The SMILES string of the molecule is Cc1ccccc1-c1cc2c(cc1F)c(CN[S@@](=O)C(C)(C)C)cn2CC(C)(C)C. The van der Waals surface area contributed by atoms with Gasteiger partial charge in [-0.15, -0.1) is 0 Å². The van der Waals surface area contributed by atoms with Crippen LogP contribution in [0, 0.1) is 18.2 Å². The summed E-state index contributed by atoms with van der Waals surface area (Å²) in [4.78, 5) is 0. The zero-order valence-electron chi connectivity index (χ0n) is 19.1. The maximum Gasteiger partial charge on any atom is 0.131 e. The Labute approximate surface area is 182 Å². The summed E-state index contributed by atoms with van der Waals surface area (Å²) in [5, 5.41) is 0.868. The first-order chi connectivity index (χ1) is 13.9. The number of nitrogens with one attached hydrogen (secondary N) is 1. The third-order valence-electron chi connectivity index (χ3n) is 5.08. The molecule has 0 aliphatic heterocycles. The summed E-state index contributed by atoms with van der Waals surface area (Å²) in [5.74, 6) is -0.233. The largest absolute Gasteiger partial charge is 0.347 e. The van der Waals surface area contributed by atoms with Gasteiger partial charge >= 0.3 is 0 Å². The molecule has 0 fully saturated rings. The van der Waals surface area contributed by atoms with Crippen LogP contribution < -0.4 is 4.72 Å². The Bertz CT molecular complexity index is 1090. The number of nitrogens with zero attached hydrogens (tertiary/aromatic N) is 1. The lowest BCUT2D eigenvalue weighted by atomic mass is 9.96. The Hall–Kier alpha value is -1.98. The third-order valence-corrected chi connectivity index (χ3v) is 6.60. The van der Waals surface area contributed by atoms with E-state index in [0.717, 1.165) is 34.1 Å². The zero-order chi connectivity index (χ0) is 22.3. The van der Waals surface area contributed by atoms with E-state index in [-0.39, 0.29) is 16.0 Å². The fourth-order valence-corrected chi connectivity index (χ4v) is 4.33. The maximum absolute atomic E-state index is 15.2. The molecule has 2 aromatic carbocycles. The first kappa shape index (κ1) is 22.7. The lowest BCUT2D eigenvalue weighted by Crippen LogP contribution is -2.32. The van der Waals surface area contributed by atoms with Crippen LogP contribution in [-0.2, 0) is 24.1 Å². The standard InChI is InChI=1S/C25H33FN2OS/c1-17-10-8-9-11-19(17)21-13-23-20(12-22(21)26)18(14-27-30(29)25(5,6)7)15-28(23)16-24(2,3)4/h8-13,15,27H,14,16H2,1-7H3/t30-/m0/s1. The predicted octanol–water partition coefficient (Wildman–Crippen LogP) is 6.35. The van der Waals surface area contributed by atoms with Gasteiger partial charge in [-0.1, -0.05) is 45.0 Å². The van der Waals surface area contributed by atoms with Crippen molar-refractivity contribution in [3.8, 4) is 11.1 Å². The van der Waals surface area contributed by atoms with E-state index in [1.54, 1.807) is 6.07 Å². The quantitative estimate of drug-likeness (QED) is 0.504. The van der Waals surface area contributed by atoms with Gasteiger partial charge in [-0.2, -0.15) is 0 Å². The molecule has 3 aromatic rings. The van der Waals surface area contributed by atoms with Crippen LogP contribution >= 0.6 is 0 Å². The number of halogens is 1. The highest BCUT2D eigenvalue weighted by Crippen LogP contribution is 2.33. The van der Waals surface area contributed by atoms with Gasteiger partial charge in [0.05, 0.1) is 15.7 Å². The fourth-order valence-electron chi connectivity index (χ4n) is 3.61. The van der Waals surface area contributed by atoms with Gasteiger partial charge in [0.2, 0.25) is 0 Å². The molecular weight excluding hydrogens is 395 g/mol. The molecule has 0 aliphatic carbocycles. The molecule has 3 rings (SSSR count). The van der Waals surface area contributed by atoms with Gasteiger partial charge in [0.25, 0.3) is 0 Å². The maximum atomic E-state index is 15.2. The fraction of sp³-hybridized carbons (Fsp3) is 0.440. The van der Waals surface area contributed by atoms with Crippen LogP contribution in [0.4, 0.5) is 4.39 Å². The van der Waals surface area contributed by atoms with Crippen molar-refractivity contribution in [3.63, 3.8) is 0 Å². The average molecular weight is 429 g/mol. The van der Waals surface area contributed by atoms with Crippen molar-refractivity contribution in [2.24, 2.45) is 5.41 Å². The predicted molar refractivity (Wildman–Crippen MR) is 126 cm³/mol. The molecule has 0 radical (unpaired) electrons. The highest BCUT2D eigenvalue weighted by molar-refractivity contribution is 7.84. The van der Waals surface area contributed by atoms with Crippen LogP contribution in [0.3, 0.4) is 0 Å². The van der Waals surface area contributed by atoms with Gasteiger partial charge in [-0.05, 0) is 61.9 Å². The minimum atomic E-state index is -1.19. The van der Waals surface area contributed by atoms with Crippen molar-refractivity contribution in [1.82, 2.24) is 9.29 Å². The average Bonchev–Trinajstić information content (AvgIpc) is 2.93. The molecule has 0 unspecified atom stereocenters. The first-order valence-corrected chi connectivity index (χ1v) is 11.5. The molecule has 1 heterocycles. The molecule has 5 heteroatoms. The zero-order valence-corrected chi connectivity index (χ0v) is 19.9. The molecule has 0 spiro atoms. The Morgan fingerprint density at radius 1 is 1.03 bits per heavy atom. The third kappa shape index (κ3) is 5.01. The van der Waals surface area contributed by atoms with E-state index >= 15 is 4.39 Å². The molecular formula is C25H33FN2OS. The van der Waals surface area contributed by atoms with Crippen LogP contribution in [0.5, 0.6) is 0 Å². The molecule has 3 nitrogen and oxygen atoms in total. The molecule has 0 amide bonds. The number of hydrogen-bond acceptors (Lipinski definition) is 1. The summed E-state index contributed by atoms with van der Waals surface area (Å²) >= 11 is 0. The molecule has 0 saturated carbocycles. The molecule has 1 atom stereocenters. The highest BCUT2D eigenvalue weighted by Gasteiger charge is 2.22. The van der Waals surface area contributed by atoms with E-state index in [1.165, 1.54) is 0 Å². The van der Waals surface area contributed by atoms with Crippen molar-refractivity contribution in [2.75, 3.05) is 0 Å². The van der Waals surface area contributed by atoms with Crippen LogP contribution in [0.2, 0.25) is 0 Å². The van der Waals surface area contributed by atoms with Gasteiger partial charge < -0.3 is 4.57 Å². The van der Waals surface area contributed by atoms with Crippen molar-refractivity contribution >= 4 is 21.9 Å². The second-order valence-electron chi connectivity index (χ2n) is 10.2. The lowest BCUT2D eigenvalue weighted by Gasteiger charge is -2.20. The van der Waals surface area contributed by atoms with Crippen molar-refractivity contribution in [2.45, 2.75) is 66.3 Å². The number of aromatic nitrogens is 1. The summed E-state index contributed by atoms with van der Waals surface area (Å²) in [7, 11) is -1.19. The topological polar surface area (TPSA) is 34.0 Å². The number of aryl methyl sites for hydroxylation is 1.